The van der Waals surface area contributed by atoms with Crippen molar-refractivity contribution >= 4 is 27.3 Å². The largest absolute Gasteiger partial charge is 0.506 e. The topological polar surface area (TPSA) is 53.4 Å². The molecule has 1 fully saturated rings. The Morgan fingerprint density at radius 1 is 1.00 bits per heavy atom. The molecule has 1 aliphatic rings. The van der Waals surface area contributed by atoms with Crippen LogP contribution in [0.15, 0.2) is 73.1 Å². The summed E-state index contributed by atoms with van der Waals surface area (Å²) in [6.45, 7) is 2.82. The van der Waals surface area contributed by atoms with Crippen molar-refractivity contribution in [2.45, 2.75) is 45.2 Å². The van der Waals surface area contributed by atoms with Gasteiger partial charge in [-0.15, -0.1) is 11.3 Å². The summed E-state index contributed by atoms with van der Waals surface area (Å²) in [5.74, 6) is 0.744. The third-order valence-corrected chi connectivity index (χ3v) is 7.89. The first-order valence-electron chi connectivity index (χ1n) is 11.6. The van der Waals surface area contributed by atoms with Crippen LogP contribution in [0.4, 0.5) is 0 Å². The summed E-state index contributed by atoms with van der Waals surface area (Å²) in [5.41, 5.74) is 3.32. The zero-order valence-corrected chi connectivity index (χ0v) is 19.6. The lowest BCUT2D eigenvalue weighted by molar-refractivity contribution is 0.0596. The van der Waals surface area contributed by atoms with E-state index < -0.39 is 0 Å². The van der Waals surface area contributed by atoms with Crippen LogP contribution in [0, 0.1) is 5.92 Å². The van der Waals surface area contributed by atoms with E-state index in [0.717, 1.165) is 52.5 Å². The third kappa shape index (κ3) is 4.51. The molecule has 0 unspecified atom stereocenters. The van der Waals surface area contributed by atoms with Crippen LogP contribution >= 0.6 is 11.3 Å². The highest BCUT2D eigenvalue weighted by Gasteiger charge is 2.31. The molecule has 33 heavy (non-hydrogen) atoms. The van der Waals surface area contributed by atoms with Crippen LogP contribution in [0.2, 0.25) is 0 Å². The average molecular weight is 457 g/mol. The fourth-order valence-electron chi connectivity index (χ4n) is 4.82. The van der Waals surface area contributed by atoms with Gasteiger partial charge >= 0.3 is 0 Å². The quantitative estimate of drug-likeness (QED) is 0.356. The molecule has 2 heterocycles. The van der Waals surface area contributed by atoms with Crippen molar-refractivity contribution in [3.05, 3.63) is 83.5 Å². The van der Waals surface area contributed by atoms with Gasteiger partial charge in [0.2, 0.25) is 0 Å². The summed E-state index contributed by atoms with van der Waals surface area (Å²) in [5, 5.41) is 11.6. The molecular formula is C28H28N2O2S. The summed E-state index contributed by atoms with van der Waals surface area (Å²) in [7, 11) is 0. The van der Waals surface area contributed by atoms with E-state index in [-0.39, 0.29) is 17.7 Å². The number of carbonyl (C=O) groups excluding carboxylic acids is 1. The smallest absolute Gasteiger partial charge is 0.268 e. The van der Waals surface area contributed by atoms with Crippen molar-refractivity contribution in [3.63, 3.8) is 0 Å². The molecule has 0 bridgehead atoms. The molecular weight excluding hydrogens is 428 g/mol. The minimum Gasteiger partial charge on any atom is -0.506 e. The number of amides is 1. The molecule has 2 aromatic heterocycles. The fraction of sp³-hybridized carbons (Fsp3) is 0.286. The molecule has 5 heteroatoms. The van der Waals surface area contributed by atoms with Gasteiger partial charge in [0, 0.05) is 35.1 Å². The van der Waals surface area contributed by atoms with Gasteiger partial charge in [0.25, 0.3) is 5.91 Å². The van der Waals surface area contributed by atoms with Gasteiger partial charge in [-0.2, -0.15) is 0 Å². The van der Waals surface area contributed by atoms with E-state index in [1.807, 2.05) is 47.4 Å². The first kappa shape index (κ1) is 21.7. The molecule has 0 aliphatic heterocycles. The second-order valence-electron chi connectivity index (χ2n) is 9.06. The van der Waals surface area contributed by atoms with Crippen LogP contribution in [-0.4, -0.2) is 26.9 Å². The average Bonchev–Trinajstić information content (AvgIpc) is 3.20. The predicted molar refractivity (Wildman–Crippen MR) is 134 cm³/mol. The zero-order chi connectivity index (χ0) is 22.8. The lowest BCUT2D eigenvalue weighted by atomic mass is 9.86. The van der Waals surface area contributed by atoms with Gasteiger partial charge in [0.1, 0.15) is 10.6 Å². The maximum absolute atomic E-state index is 13.8. The van der Waals surface area contributed by atoms with E-state index in [2.05, 4.69) is 30.1 Å². The van der Waals surface area contributed by atoms with Crippen molar-refractivity contribution in [1.29, 1.82) is 0 Å². The van der Waals surface area contributed by atoms with E-state index in [1.165, 1.54) is 11.3 Å². The number of fused-ring (bicyclic) bond motifs is 1. The number of aromatic hydroxyl groups is 1. The Hall–Kier alpha value is -3.18. The van der Waals surface area contributed by atoms with E-state index >= 15 is 0 Å². The summed E-state index contributed by atoms with van der Waals surface area (Å²) in [6.07, 6.45) is 7.86. The number of nitrogens with zero attached hydrogens (tertiary/aromatic N) is 2. The van der Waals surface area contributed by atoms with Gasteiger partial charge in [-0.1, -0.05) is 37.3 Å². The molecule has 1 amide bonds. The molecule has 1 N–H and O–H groups in total. The van der Waals surface area contributed by atoms with Crippen LogP contribution in [0.25, 0.3) is 21.2 Å². The van der Waals surface area contributed by atoms with Gasteiger partial charge < -0.3 is 10.0 Å². The predicted octanol–water partition coefficient (Wildman–Crippen LogP) is 6.89. The Kier molecular flexibility index (Phi) is 6.14. The number of pyridine rings is 1. The van der Waals surface area contributed by atoms with E-state index in [4.69, 9.17) is 0 Å². The van der Waals surface area contributed by atoms with Crippen molar-refractivity contribution in [3.8, 4) is 16.9 Å². The minimum absolute atomic E-state index is 0.0671. The van der Waals surface area contributed by atoms with Crippen LogP contribution in [0.3, 0.4) is 0 Å². The van der Waals surface area contributed by atoms with E-state index in [1.54, 1.807) is 12.4 Å². The van der Waals surface area contributed by atoms with Gasteiger partial charge in [-0.05, 0) is 78.6 Å². The lowest BCUT2D eigenvalue weighted by Crippen LogP contribution is -2.41. The van der Waals surface area contributed by atoms with E-state index in [9.17, 15) is 9.90 Å². The number of benzene rings is 2. The molecule has 0 atom stereocenters. The number of thiophene rings is 1. The van der Waals surface area contributed by atoms with E-state index in [0.29, 0.717) is 17.3 Å². The first-order valence-corrected chi connectivity index (χ1v) is 12.4. The molecule has 4 nitrogen and oxygen atoms in total. The Labute approximate surface area is 198 Å². The summed E-state index contributed by atoms with van der Waals surface area (Å²) >= 11 is 1.39. The Morgan fingerprint density at radius 2 is 1.76 bits per heavy atom. The molecule has 0 radical (unpaired) electrons. The van der Waals surface area contributed by atoms with Gasteiger partial charge in [0.05, 0.1) is 0 Å². The van der Waals surface area contributed by atoms with Crippen molar-refractivity contribution in [2.24, 2.45) is 5.92 Å². The zero-order valence-electron chi connectivity index (χ0n) is 18.8. The number of aromatic nitrogens is 1. The molecule has 4 aromatic rings. The van der Waals surface area contributed by atoms with Gasteiger partial charge in [0.15, 0.2) is 0 Å². The fourth-order valence-corrected chi connectivity index (χ4v) is 5.87. The van der Waals surface area contributed by atoms with Crippen molar-refractivity contribution in [1.82, 2.24) is 9.88 Å². The summed E-state index contributed by atoms with van der Waals surface area (Å²) in [6, 6.07) is 20.2. The monoisotopic (exact) mass is 456 g/mol. The Balaban J connectivity index is 1.48. The summed E-state index contributed by atoms with van der Waals surface area (Å²) in [4.78, 5) is 20.4. The maximum Gasteiger partial charge on any atom is 0.268 e. The molecule has 1 saturated carbocycles. The van der Waals surface area contributed by atoms with Gasteiger partial charge in [-0.3, -0.25) is 9.78 Å². The highest BCUT2D eigenvalue weighted by molar-refractivity contribution is 7.21. The maximum atomic E-state index is 13.8. The first-order chi connectivity index (χ1) is 16.1. The second-order valence-corrected chi connectivity index (χ2v) is 10.1. The molecule has 0 spiro atoms. The molecule has 1 aliphatic carbocycles. The molecule has 0 saturated heterocycles. The SMILES string of the molecule is CC1CCC(N(Cc2cccc(-c3ccncc3)c2)C(=O)c2sc3ccccc3c2O)CC1. The highest BCUT2D eigenvalue weighted by Crippen LogP contribution is 2.39. The van der Waals surface area contributed by atoms with Crippen LogP contribution in [0.1, 0.15) is 47.8 Å². The Morgan fingerprint density at radius 3 is 2.52 bits per heavy atom. The van der Waals surface area contributed by atoms with Crippen molar-refractivity contribution in [2.75, 3.05) is 0 Å². The molecule has 5 rings (SSSR count). The number of hydrogen-bond donors (Lipinski definition) is 1. The van der Waals surface area contributed by atoms with Crippen molar-refractivity contribution < 1.29 is 9.90 Å². The minimum atomic E-state index is -0.0671. The second kappa shape index (κ2) is 9.36. The molecule has 2 aromatic carbocycles. The highest BCUT2D eigenvalue weighted by atomic mass is 32.1. The standard InChI is InChI=1S/C28H28N2O2S/c1-19-9-11-23(12-10-19)30(28(32)27-26(31)24-7-2-3-8-25(24)33-27)18-20-5-4-6-22(17-20)21-13-15-29-16-14-21/h2-8,13-17,19,23,31H,9-12,18H2,1H3. The van der Waals surface area contributed by atoms with Crippen LogP contribution < -0.4 is 0 Å². The molecule has 168 valence electrons. The van der Waals surface area contributed by atoms with Gasteiger partial charge in [-0.25, -0.2) is 0 Å². The Bertz CT molecular complexity index is 1260. The van der Waals surface area contributed by atoms with Crippen LogP contribution in [0.5, 0.6) is 5.75 Å². The van der Waals surface area contributed by atoms with Crippen LogP contribution in [-0.2, 0) is 6.54 Å². The lowest BCUT2D eigenvalue weighted by Gasteiger charge is -2.36. The number of hydrogen-bond acceptors (Lipinski definition) is 4. The third-order valence-electron chi connectivity index (χ3n) is 6.74. The summed E-state index contributed by atoms with van der Waals surface area (Å²) < 4.78 is 0.940. The normalized spacial score (nSPS) is 18.3. The number of carbonyl (C=O) groups is 1. The number of rotatable bonds is 5.